The van der Waals surface area contributed by atoms with Crippen LogP contribution in [0.4, 0.5) is 10.1 Å². The second kappa shape index (κ2) is 4.40. The summed E-state index contributed by atoms with van der Waals surface area (Å²) in [4.78, 5) is -0.663. The number of sulfonamides is 1. The molecule has 94 valence electrons. The van der Waals surface area contributed by atoms with Gasteiger partial charge in [0.15, 0.2) is 0 Å². The zero-order valence-corrected chi connectivity index (χ0v) is 10.1. The molecule has 0 saturated heterocycles. The summed E-state index contributed by atoms with van der Waals surface area (Å²) >= 11 is 0. The molecule has 0 unspecified atom stereocenters. The molecule has 2 rings (SSSR count). The van der Waals surface area contributed by atoms with Crippen molar-refractivity contribution in [2.45, 2.75) is 4.90 Å². The third-order valence-corrected chi connectivity index (χ3v) is 3.50. The summed E-state index contributed by atoms with van der Waals surface area (Å²) in [5.41, 5.74) is 6.65. The lowest BCUT2D eigenvalue weighted by molar-refractivity contribution is 0.569. The van der Waals surface area contributed by atoms with E-state index >= 15 is 0 Å². The number of hydrogen-bond acceptors (Lipinski definition) is 3. The van der Waals surface area contributed by atoms with E-state index in [1.807, 2.05) is 6.07 Å². The number of benzene rings is 2. The van der Waals surface area contributed by atoms with Gasteiger partial charge < -0.3 is 5.73 Å². The van der Waals surface area contributed by atoms with Crippen molar-refractivity contribution in [1.29, 1.82) is 0 Å². The van der Waals surface area contributed by atoms with Gasteiger partial charge in [-0.3, -0.25) is 0 Å². The molecule has 2 aromatic carbocycles. The Morgan fingerprint density at radius 1 is 1.00 bits per heavy atom. The Hall–Kier alpha value is -1.92. The average molecular weight is 266 g/mol. The van der Waals surface area contributed by atoms with Crippen molar-refractivity contribution in [2.24, 2.45) is 5.14 Å². The lowest BCUT2D eigenvalue weighted by Crippen LogP contribution is -2.16. The van der Waals surface area contributed by atoms with E-state index in [2.05, 4.69) is 0 Å². The molecule has 0 saturated carbocycles. The zero-order chi connectivity index (χ0) is 13.3. The first-order chi connectivity index (χ1) is 8.41. The molecular formula is C12H11FN2O2S. The highest BCUT2D eigenvalue weighted by Gasteiger charge is 2.21. The number of halogens is 1. The molecule has 0 aliphatic carbocycles. The predicted molar refractivity (Wildman–Crippen MR) is 67.6 cm³/mol. The normalized spacial score (nSPS) is 11.4. The average Bonchev–Trinajstić information content (AvgIpc) is 2.28. The van der Waals surface area contributed by atoms with Gasteiger partial charge in [0.25, 0.3) is 0 Å². The van der Waals surface area contributed by atoms with Gasteiger partial charge in [0.05, 0.1) is 5.69 Å². The molecule has 0 amide bonds. The van der Waals surface area contributed by atoms with Crippen LogP contribution in [0.2, 0.25) is 0 Å². The second-order valence-electron chi connectivity index (χ2n) is 3.75. The van der Waals surface area contributed by atoms with Gasteiger partial charge >= 0.3 is 0 Å². The van der Waals surface area contributed by atoms with Crippen LogP contribution < -0.4 is 10.9 Å². The van der Waals surface area contributed by atoms with Crippen LogP contribution in [0.1, 0.15) is 0 Å². The summed E-state index contributed by atoms with van der Waals surface area (Å²) in [6, 6.07) is 11.3. The Labute approximate surface area is 104 Å². The molecule has 0 radical (unpaired) electrons. The van der Waals surface area contributed by atoms with Gasteiger partial charge in [-0.05, 0) is 17.7 Å². The molecule has 0 fully saturated rings. The fourth-order valence-electron chi connectivity index (χ4n) is 1.73. The Morgan fingerprint density at radius 2 is 1.61 bits per heavy atom. The van der Waals surface area contributed by atoms with Crippen molar-refractivity contribution < 1.29 is 12.8 Å². The highest BCUT2D eigenvalue weighted by molar-refractivity contribution is 7.89. The van der Waals surface area contributed by atoms with Gasteiger partial charge in [-0.2, -0.15) is 0 Å². The van der Waals surface area contributed by atoms with Gasteiger partial charge in [-0.25, -0.2) is 17.9 Å². The van der Waals surface area contributed by atoms with E-state index in [4.69, 9.17) is 10.9 Å². The lowest BCUT2D eigenvalue weighted by Gasteiger charge is -2.10. The van der Waals surface area contributed by atoms with Crippen LogP contribution in [0.5, 0.6) is 0 Å². The number of nitrogen functional groups attached to an aromatic ring is 1. The van der Waals surface area contributed by atoms with E-state index in [0.29, 0.717) is 11.1 Å². The van der Waals surface area contributed by atoms with E-state index in [-0.39, 0.29) is 5.69 Å². The Kier molecular flexibility index (Phi) is 3.06. The molecule has 18 heavy (non-hydrogen) atoms. The van der Waals surface area contributed by atoms with Gasteiger partial charge in [-0.15, -0.1) is 0 Å². The van der Waals surface area contributed by atoms with E-state index in [1.165, 1.54) is 6.07 Å². The molecule has 0 atom stereocenters. The van der Waals surface area contributed by atoms with E-state index in [0.717, 1.165) is 6.07 Å². The van der Waals surface area contributed by atoms with E-state index < -0.39 is 20.7 Å². The zero-order valence-electron chi connectivity index (χ0n) is 9.30. The summed E-state index contributed by atoms with van der Waals surface area (Å²) < 4.78 is 36.1. The molecule has 6 heteroatoms. The second-order valence-corrected chi connectivity index (χ2v) is 5.25. The summed E-state index contributed by atoms with van der Waals surface area (Å²) in [6.45, 7) is 0. The minimum absolute atomic E-state index is 0.177. The number of primary sulfonamides is 1. The molecular weight excluding hydrogens is 255 g/mol. The number of hydrogen-bond donors (Lipinski definition) is 2. The molecule has 4 nitrogen and oxygen atoms in total. The first-order valence-corrected chi connectivity index (χ1v) is 6.62. The van der Waals surface area contributed by atoms with E-state index in [1.54, 1.807) is 24.3 Å². The van der Waals surface area contributed by atoms with Crippen LogP contribution in [-0.2, 0) is 10.0 Å². The molecule has 0 aromatic heterocycles. The largest absolute Gasteiger partial charge is 0.397 e. The van der Waals surface area contributed by atoms with Gasteiger partial charge in [0.1, 0.15) is 10.7 Å². The van der Waals surface area contributed by atoms with Crippen molar-refractivity contribution in [2.75, 3.05) is 5.73 Å². The van der Waals surface area contributed by atoms with Crippen molar-refractivity contribution in [1.82, 2.24) is 0 Å². The minimum atomic E-state index is -4.19. The van der Waals surface area contributed by atoms with Crippen LogP contribution in [-0.4, -0.2) is 8.42 Å². The smallest absolute Gasteiger partial charge is 0.243 e. The number of anilines is 1. The topological polar surface area (TPSA) is 86.2 Å². The standard InChI is InChI=1S/C12H11FN2O2S/c13-10-7-6-9(8-4-2-1-3-5-8)11(14)12(10)18(15,16)17/h1-7H,14H2,(H2,15,16,17). The summed E-state index contributed by atoms with van der Waals surface area (Å²) in [6.07, 6.45) is 0. The molecule has 0 bridgehead atoms. The van der Waals surface area contributed by atoms with Crippen LogP contribution in [0.25, 0.3) is 11.1 Å². The van der Waals surface area contributed by atoms with Gasteiger partial charge in [0.2, 0.25) is 10.0 Å². The molecule has 0 heterocycles. The van der Waals surface area contributed by atoms with Crippen molar-refractivity contribution in [3.05, 3.63) is 48.3 Å². The minimum Gasteiger partial charge on any atom is -0.397 e. The van der Waals surface area contributed by atoms with Crippen molar-refractivity contribution in [3.8, 4) is 11.1 Å². The van der Waals surface area contributed by atoms with Crippen LogP contribution in [0.15, 0.2) is 47.4 Å². The molecule has 0 aliphatic heterocycles. The van der Waals surface area contributed by atoms with E-state index in [9.17, 15) is 12.8 Å². The number of nitrogens with two attached hydrogens (primary N) is 2. The van der Waals surface area contributed by atoms with Crippen molar-refractivity contribution in [3.63, 3.8) is 0 Å². The first-order valence-electron chi connectivity index (χ1n) is 5.07. The predicted octanol–water partition coefficient (Wildman–Crippen LogP) is 1.72. The Balaban J connectivity index is 2.74. The monoisotopic (exact) mass is 266 g/mol. The lowest BCUT2D eigenvalue weighted by atomic mass is 10.0. The van der Waals surface area contributed by atoms with Crippen LogP contribution >= 0.6 is 0 Å². The molecule has 2 aromatic rings. The third-order valence-electron chi connectivity index (χ3n) is 2.52. The van der Waals surface area contributed by atoms with Gasteiger partial charge in [0, 0.05) is 5.56 Å². The fraction of sp³-hybridized carbons (Fsp3) is 0. The maximum atomic E-state index is 13.5. The van der Waals surface area contributed by atoms with Crippen molar-refractivity contribution >= 4 is 15.7 Å². The molecule has 0 spiro atoms. The summed E-state index contributed by atoms with van der Waals surface area (Å²) in [5.74, 6) is -0.949. The highest BCUT2D eigenvalue weighted by atomic mass is 32.2. The summed E-state index contributed by atoms with van der Waals surface area (Å²) in [7, 11) is -4.19. The summed E-state index contributed by atoms with van der Waals surface area (Å²) in [5, 5.41) is 4.96. The Morgan fingerprint density at radius 3 is 2.17 bits per heavy atom. The number of rotatable bonds is 2. The highest BCUT2D eigenvalue weighted by Crippen LogP contribution is 2.32. The van der Waals surface area contributed by atoms with Crippen LogP contribution in [0.3, 0.4) is 0 Å². The maximum absolute atomic E-state index is 13.5. The molecule has 0 aliphatic rings. The fourth-order valence-corrected chi connectivity index (χ4v) is 2.49. The molecule has 4 N–H and O–H groups in total. The van der Waals surface area contributed by atoms with Crippen LogP contribution in [0, 0.1) is 5.82 Å². The SMILES string of the molecule is Nc1c(-c2ccccc2)ccc(F)c1S(N)(=O)=O. The first kappa shape index (κ1) is 12.5. The third kappa shape index (κ3) is 2.20. The Bertz CT molecular complexity index is 685. The maximum Gasteiger partial charge on any atom is 0.243 e. The van der Waals surface area contributed by atoms with Gasteiger partial charge in [-0.1, -0.05) is 30.3 Å². The quantitative estimate of drug-likeness (QED) is 0.811.